The molecule has 0 aromatic heterocycles. The van der Waals surface area contributed by atoms with E-state index >= 15 is 0 Å². The second-order valence-electron chi connectivity index (χ2n) is 5.43. The molecule has 4 nitrogen and oxygen atoms in total. The first kappa shape index (κ1) is 18.1. The predicted octanol–water partition coefficient (Wildman–Crippen LogP) is 3.37. The number of fused-ring (bicyclic) bond motifs is 1. The summed E-state index contributed by atoms with van der Waals surface area (Å²) in [5, 5.41) is 2.93. The average Bonchev–Trinajstić information content (AvgIpc) is 2.56. The summed E-state index contributed by atoms with van der Waals surface area (Å²) in [7, 11) is 0. The summed E-state index contributed by atoms with van der Waals surface area (Å²) >= 11 is 6.87. The standard InChI is InChI=1S/C17H24N2O2S2/c1-4-19(5-2)17(22)23-12(3)16(20)18-14-10-11-21-15-9-7-6-8-13(14)15/h6-9,12,14H,4-5,10-11H2,1-3H3,(H,18,20)/t12-,14-/m1/s1. The second-order valence-corrected chi connectivity index (χ2v) is 7.41. The van der Waals surface area contributed by atoms with Gasteiger partial charge in [-0.25, -0.2) is 0 Å². The molecule has 1 aromatic carbocycles. The largest absolute Gasteiger partial charge is 0.493 e. The number of ether oxygens (including phenoxy) is 1. The van der Waals surface area contributed by atoms with Crippen LogP contribution in [-0.2, 0) is 4.79 Å². The van der Waals surface area contributed by atoms with E-state index in [1.807, 2.05) is 31.2 Å². The van der Waals surface area contributed by atoms with Crippen molar-refractivity contribution >= 4 is 34.2 Å². The lowest BCUT2D eigenvalue weighted by Crippen LogP contribution is -2.38. The molecule has 0 spiro atoms. The summed E-state index contributed by atoms with van der Waals surface area (Å²) in [6, 6.07) is 7.89. The van der Waals surface area contributed by atoms with Crippen LogP contribution < -0.4 is 10.1 Å². The Bertz CT molecular complexity index is 561. The zero-order chi connectivity index (χ0) is 16.8. The molecule has 1 heterocycles. The van der Waals surface area contributed by atoms with Gasteiger partial charge in [-0.2, -0.15) is 0 Å². The lowest BCUT2D eigenvalue weighted by Gasteiger charge is -2.28. The summed E-state index contributed by atoms with van der Waals surface area (Å²) in [6.45, 7) is 8.40. The highest BCUT2D eigenvalue weighted by atomic mass is 32.2. The summed E-state index contributed by atoms with van der Waals surface area (Å²) in [6.07, 6.45) is 0.792. The predicted molar refractivity (Wildman–Crippen MR) is 100 cm³/mol. The van der Waals surface area contributed by atoms with Crippen LogP contribution in [0.3, 0.4) is 0 Å². The first-order chi connectivity index (χ1) is 11.1. The molecule has 1 N–H and O–H groups in total. The number of carbonyl (C=O) groups excluding carboxylic acids is 1. The maximum Gasteiger partial charge on any atom is 0.233 e. The third kappa shape index (κ3) is 4.61. The Labute approximate surface area is 148 Å². The maximum absolute atomic E-state index is 12.5. The van der Waals surface area contributed by atoms with Crippen molar-refractivity contribution in [3.8, 4) is 5.75 Å². The zero-order valence-corrected chi connectivity index (χ0v) is 15.5. The highest BCUT2D eigenvalue weighted by molar-refractivity contribution is 8.23. The molecule has 23 heavy (non-hydrogen) atoms. The number of amides is 1. The van der Waals surface area contributed by atoms with Crippen molar-refractivity contribution in [1.82, 2.24) is 10.2 Å². The fraction of sp³-hybridized carbons (Fsp3) is 0.529. The van der Waals surface area contributed by atoms with Crippen LogP contribution in [0, 0.1) is 0 Å². The third-order valence-electron chi connectivity index (χ3n) is 3.94. The van der Waals surface area contributed by atoms with Crippen molar-refractivity contribution in [2.75, 3.05) is 19.7 Å². The number of rotatable bonds is 5. The first-order valence-corrected chi connectivity index (χ1v) is 9.33. The molecule has 126 valence electrons. The topological polar surface area (TPSA) is 41.6 Å². The number of para-hydroxylation sites is 1. The molecule has 2 rings (SSSR count). The molecule has 0 bridgehead atoms. The van der Waals surface area contributed by atoms with Gasteiger partial charge in [0, 0.05) is 25.1 Å². The highest BCUT2D eigenvalue weighted by Crippen LogP contribution is 2.31. The van der Waals surface area contributed by atoms with Gasteiger partial charge in [-0.05, 0) is 26.8 Å². The van der Waals surface area contributed by atoms with E-state index in [0.29, 0.717) is 6.61 Å². The summed E-state index contributed by atoms with van der Waals surface area (Å²) < 4.78 is 6.42. The minimum absolute atomic E-state index is 0.0116. The lowest BCUT2D eigenvalue weighted by atomic mass is 10.0. The molecule has 6 heteroatoms. The molecule has 1 aromatic rings. The second kappa shape index (κ2) is 8.55. The Hall–Kier alpha value is -1.27. The van der Waals surface area contributed by atoms with Gasteiger partial charge in [0.05, 0.1) is 17.9 Å². The molecular weight excluding hydrogens is 328 g/mol. The van der Waals surface area contributed by atoms with Crippen LogP contribution >= 0.6 is 24.0 Å². The number of nitrogens with zero attached hydrogens (tertiary/aromatic N) is 1. The Kier molecular flexibility index (Phi) is 6.72. The Morgan fingerprint density at radius 1 is 1.43 bits per heavy atom. The normalized spacial score (nSPS) is 17.6. The number of thioether (sulfide) groups is 1. The van der Waals surface area contributed by atoms with Gasteiger partial charge in [-0.3, -0.25) is 4.79 Å². The third-order valence-corrected chi connectivity index (χ3v) is 5.52. The molecule has 0 saturated heterocycles. The van der Waals surface area contributed by atoms with E-state index in [9.17, 15) is 4.79 Å². The minimum Gasteiger partial charge on any atom is -0.493 e. The van der Waals surface area contributed by atoms with Gasteiger partial charge in [-0.1, -0.05) is 42.2 Å². The van der Waals surface area contributed by atoms with Crippen LogP contribution in [0.15, 0.2) is 24.3 Å². The number of hydrogen-bond acceptors (Lipinski definition) is 4. The van der Waals surface area contributed by atoms with Gasteiger partial charge in [0.1, 0.15) is 10.1 Å². The monoisotopic (exact) mass is 352 g/mol. The zero-order valence-electron chi connectivity index (χ0n) is 13.9. The summed E-state index contributed by atoms with van der Waals surface area (Å²) in [5.74, 6) is 0.884. The molecule has 0 aliphatic carbocycles. The number of thiocarbonyl (C=S) groups is 1. The van der Waals surface area contributed by atoms with E-state index in [-0.39, 0.29) is 17.2 Å². The van der Waals surface area contributed by atoms with Gasteiger partial charge < -0.3 is 15.0 Å². The van der Waals surface area contributed by atoms with Gasteiger partial charge in [0.2, 0.25) is 5.91 Å². The van der Waals surface area contributed by atoms with Crippen LogP contribution in [0.4, 0.5) is 0 Å². The lowest BCUT2D eigenvalue weighted by molar-refractivity contribution is -0.121. The van der Waals surface area contributed by atoms with Crippen molar-refractivity contribution in [1.29, 1.82) is 0 Å². The molecule has 0 fully saturated rings. The van der Waals surface area contributed by atoms with Gasteiger partial charge in [-0.15, -0.1) is 0 Å². The number of hydrogen-bond donors (Lipinski definition) is 1. The van der Waals surface area contributed by atoms with Crippen LogP contribution in [-0.4, -0.2) is 40.1 Å². The van der Waals surface area contributed by atoms with E-state index in [1.54, 1.807) is 0 Å². The quantitative estimate of drug-likeness (QED) is 0.823. The minimum atomic E-state index is -0.210. The van der Waals surface area contributed by atoms with Crippen LogP contribution in [0.25, 0.3) is 0 Å². The van der Waals surface area contributed by atoms with Crippen molar-refractivity contribution in [2.24, 2.45) is 0 Å². The number of benzene rings is 1. The van der Waals surface area contributed by atoms with Crippen LogP contribution in [0.5, 0.6) is 5.75 Å². The van der Waals surface area contributed by atoms with Gasteiger partial charge >= 0.3 is 0 Å². The van der Waals surface area contributed by atoms with Gasteiger partial charge in [0.25, 0.3) is 0 Å². The molecule has 0 radical (unpaired) electrons. The molecular formula is C17H24N2O2S2. The molecule has 2 atom stereocenters. The summed E-state index contributed by atoms with van der Waals surface area (Å²) in [4.78, 5) is 14.6. The fourth-order valence-corrected chi connectivity index (χ4v) is 4.12. The van der Waals surface area contributed by atoms with E-state index in [2.05, 4.69) is 24.1 Å². The van der Waals surface area contributed by atoms with Crippen molar-refractivity contribution in [3.63, 3.8) is 0 Å². The van der Waals surface area contributed by atoms with E-state index in [1.165, 1.54) is 11.8 Å². The van der Waals surface area contributed by atoms with Gasteiger partial charge in [0.15, 0.2) is 0 Å². The van der Waals surface area contributed by atoms with E-state index in [0.717, 1.165) is 35.1 Å². The average molecular weight is 353 g/mol. The Balaban J connectivity index is 1.96. The van der Waals surface area contributed by atoms with Crippen molar-refractivity contribution in [3.05, 3.63) is 29.8 Å². The van der Waals surface area contributed by atoms with E-state index in [4.69, 9.17) is 17.0 Å². The van der Waals surface area contributed by atoms with Crippen LogP contribution in [0.1, 0.15) is 38.8 Å². The van der Waals surface area contributed by atoms with Crippen LogP contribution in [0.2, 0.25) is 0 Å². The number of nitrogens with one attached hydrogen (secondary N) is 1. The SMILES string of the molecule is CCN(CC)C(=S)S[C@H](C)C(=O)N[C@@H]1CCOc2ccccc21. The Morgan fingerprint density at radius 2 is 2.13 bits per heavy atom. The maximum atomic E-state index is 12.5. The molecule has 0 unspecified atom stereocenters. The molecule has 1 amide bonds. The fourth-order valence-electron chi connectivity index (χ4n) is 2.54. The smallest absolute Gasteiger partial charge is 0.233 e. The first-order valence-electron chi connectivity index (χ1n) is 8.04. The Morgan fingerprint density at radius 3 is 2.83 bits per heavy atom. The van der Waals surface area contributed by atoms with Crippen molar-refractivity contribution < 1.29 is 9.53 Å². The summed E-state index contributed by atoms with van der Waals surface area (Å²) in [5.41, 5.74) is 1.05. The highest BCUT2D eigenvalue weighted by Gasteiger charge is 2.25. The van der Waals surface area contributed by atoms with Crippen molar-refractivity contribution in [2.45, 2.75) is 38.5 Å². The molecule has 1 aliphatic heterocycles. The number of carbonyl (C=O) groups is 1. The van der Waals surface area contributed by atoms with E-state index < -0.39 is 0 Å². The molecule has 1 aliphatic rings. The molecule has 0 saturated carbocycles.